The van der Waals surface area contributed by atoms with Gasteiger partial charge >= 0.3 is 6.03 Å². The predicted molar refractivity (Wildman–Crippen MR) is 89.2 cm³/mol. The molecule has 1 aromatic carbocycles. The molecule has 4 rings (SSSR count). The number of amides is 2. The zero-order chi connectivity index (χ0) is 16.7. The van der Waals surface area contributed by atoms with Gasteiger partial charge in [0.05, 0.1) is 6.54 Å². The average Bonchev–Trinajstić information content (AvgIpc) is 3.18. The fourth-order valence-corrected chi connectivity index (χ4v) is 3.00. The molecular weight excluding hydrogens is 306 g/mol. The summed E-state index contributed by atoms with van der Waals surface area (Å²) in [5.41, 5.74) is 2.70. The van der Waals surface area contributed by atoms with Crippen LogP contribution < -0.4 is 10.1 Å². The lowest BCUT2D eigenvalue weighted by Gasteiger charge is -2.16. The normalized spacial score (nSPS) is 18.8. The molecule has 6 nitrogen and oxygen atoms in total. The lowest BCUT2D eigenvalue weighted by molar-refractivity contribution is 0.219. The highest BCUT2D eigenvalue weighted by Crippen LogP contribution is 2.40. The zero-order valence-corrected chi connectivity index (χ0v) is 13.9. The summed E-state index contributed by atoms with van der Waals surface area (Å²) >= 11 is 0. The van der Waals surface area contributed by atoms with Crippen LogP contribution in [0.1, 0.15) is 42.7 Å². The Balaban J connectivity index is 1.37. The molecule has 2 aromatic rings. The summed E-state index contributed by atoms with van der Waals surface area (Å²) in [6.45, 7) is 2.47. The molecule has 24 heavy (non-hydrogen) atoms. The van der Waals surface area contributed by atoms with Gasteiger partial charge in [-0.05, 0) is 43.5 Å². The number of nitrogens with one attached hydrogen (secondary N) is 1. The molecule has 0 radical (unpaired) electrons. The topological polar surface area (TPSA) is 67.6 Å². The Kier molecular flexibility index (Phi) is 3.67. The van der Waals surface area contributed by atoms with Crippen molar-refractivity contribution in [2.45, 2.75) is 44.8 Å². The molecule has 2 heterocycles. The Bertz CT molecular complexity index is 767. The molecule has 1 aromatic heterocycles. The first kappa shape index (κ1) is 15.1. The van der Waals surface area contributed by atoms with Gasteiger partial charge in [-0.15, -0.1) is 0 Å². The van der Waals surface area contributed by atoms with Gasteiger partial charge in [-0.2, -0.15) is 0 Å². The first-order chi connectivity index (χ1) is 11.6. The highest BCUT2D eigenvalue weighted by Gasteiger charge is 2.28. The second kappa shape index (κ2) is 5.85. The zero-order valence-electron chi connectivity index (χ0n) is 13.9. The van der Waals surface area contributed by atoms with Crippen molar-refractivity contribution in [3.05, 3.63) is 41.3 Å². The Labute approximate surface area is 140 Å². The number of urea groups is 1. The number of carbonyl (C=O) groups is 1. The van der Waals surface area contributed by atoms with E-state index in [-0.39, 0.29) is 12.1 Å². The van der Waals surface area contributed by atoms with E-state index in [2.05, 4.69) is 10.5 Å². The Morgan fingerprint density at radius 1 is 1.38 bits per heavy atom. The van der Waals surface area contributed by atoms with Crippen LogP contribution in [0.4, 0.5) is 10.5 Å². The predicted octanol–water partition coefficient (Wildman–Crippen LogP) is 3.54. The van der Waals surface area contributed by atoms with E-state index in [4.69, 9.17) is 9.26 Å². The lowest BCUT2D eigenvalue weighted by atomic mass is 10.1. The first-order valence-corrected chi connectivity index (χ1v) is 8.35. The van der Waals surface area contributed by atoms with Crippen LogP contribution in [0, 0.1) is 0 Å². The maximum absolute atomic E-state index is 12.4. The minimum Gasteiger partial charge on any atom is -0.490 e. The fourth-order valence-electron chi connectivity index (χ4n) is 3.00. The van der Waals surface area contributed by atoms with Gasteiger partial charge in [-0.25, -0.2) is 4.79 Å². The van der Waals surface area contributed by atoms with Crippen molar-refractivity contribution in [3.8, 4) is 5.75 Å². The van der Waals surface area contributed by atoms with Crippen LogP contribution >= 0.6 is 0 Å². The molecule has 1 aliphatic carbocycles. The summed E-state index contributed by atoms with van der Waals surface area (Å²) in [5.74, 6) is 2.37. The summed E-state index contributed by atoms with van der Waals surface area (Å²) in [4.78, 5) is 14.0. The third-order valence-electron chi connectivity index (χ3n) is 4.45. The number of anilines is 1. The number of hydrogen-bond donors (Lipinski definition) is 1. The van der Waals surface area contributed by atoms with Crippen molar-refractivity contribution in [1.29, 1.82) is 0 Å². The minimum atomic E-state index is -0.169. The van der Waals surface area contributed by atoms with Gasteiger partial charge < -0.3 is 19.5 Å². The van der Waals surface area contributed by atoms with Crippen molar-refractivity contribution in [2.75, 3.05) is 12.4 Å². The standard InChI is InChI=1S/C18H21N3O3/c1-11-7-13-8-14(5-6-16(13)23-11)19-18(22)21(2)10-15-9-17(24-20-15)12-3-4-12/h5-6,8-9,11-12H,3-4,7,10H2,1-2H3,(H,19,22). The van der Waals surface area contributed by atoms with E-state index >= 15 is 0 Å². The van der Waals surface area contributed by atoms with Gasteiger partial charge in [-0.1, -0.05) is 5.16 Å². The second-order valence-electron chi connectivity index (χ2n) is 6.74. The quantitative estimate of drug-likeness (QED) is 0.932. The van der Waals surface area contributed by atoms with Crippen LogP contribution in [0.15, 0.2) is 28.8 Å². The van der Waals surface area contributed by atoms with Crippen LogP contribution in [0.2, 0.25) is 0 Å². The van der Waals surface area contributed by atoms with Crippen molar-refractivity contribution in [3.63, 3.8) is 0 Å². The number of benzene rings is 1. The van der Waals surface area contributed by atoms with E-state index in [1.165, 1.54) is 12.8 Å². The van der Waals surface area contributed by atoms with Crippen LogP contribution in [-0.2, 0) is 13.0 Å². The largest absolute Gasteiger partial charge is 0.490 e. The molecule has 1 unspecified atom stereocenters. The third kappa shape index (κ3) is 3.09. The van der Waals surface area contributed by atoms with Gasteiger partial charge in [-0.3, -0.25) is 0 Å². The molecule has 1 fully saturated rings. The Morgan fingerprint density at radius 3 is 3.00 bits per heavy atom. The monoisotopic (exact) mass is 327 g/mol. The molecule has 2 amide bonds. The smallest absolute Gasteiger partial charge is 0.321 e. The molecule has 1 aliphatic heterocycles. The van der Waals surface area contributed by atoms with Gasteiger partial charge in [0.1, 0.15) is 23.3 Å². The number of nitrogens with zero attached hydrogens (tertiary/aromatic N) is 2. The van der Waals surface area contributed by atoms with Crippen LogP contribution in [0.3, 0.4) is 0 Å². The summed E-state index contributed by atoms with van der Waals surface area (Å²) in [6, 6.07) is 7.54. The number of aromatic nitrogens is 1. The van der Waals surface area contributed by atoms with E-state index in [9.17, 15) is 4.79 Å². The van der Waals surface area contributed by atoms with Gasteiger partial charge in [0, 0.05) is 31.1 Å². The van der Waals surface area contributed by atoms with E-state index < -0.39 is 0 Å². The van der Waals surface area contributed by atoms with Crippen molar-refractivity contribution < 1.29 is 14.1 Å². The summed E-state index contributed by atoms with van der Waals surface area (Å²) in [6.07, 6.45) is 3.41. The maximum Gasteiger partial charge on any atom is 0.321 e. The van der Waals surface area contributed by atoms with Crippen molar-refractivity contribution in [2.24, 2.45) is 0 Å². The SMILES string of the molecule is CC1Cc2cc(NC(=O)N(C)Cc3cc(C4CC4)on3)ccc2O1. The van der Waals surface area contributed by atoms with E-state index in [1.54, 1.807) is 11.9 Å². The molecular formula is C18H21N3O3. The summed E-state index contributed by atoms with van der Waals surface area (Å²) < 4.78 is 11.0. The molecule has 0 bridgehead atoms. The van der Waals surface area contributed by atoms with Crippen molar-refractivity contribution >= 4 is 11.7 Å². The summed E-state index contributed by atoms with van der Waals surface area (Å²) in [7, 11) is 1.75. The van der Waals surface area contributed by atoms with Gasteiger partial charge in [0.25, 0.3) is 0 Å². The fraction of sp³-hybridized carbons (Fsp3) is 0.444. The maximum atomic E-state index is 12.4. The Morgan fingerprint density at radius 2 is 2.21 bits per heavy atom. The third-order valence-corrected chi connectivity index (χ3v) is 4.45. The number of hydrogen-bond acceptors (Lipinski definition) is 4. The molecule has 1 saturated carbocycles. The highest BCUT2D eigenvalue weighted by atomic mass is 16.5. The van der Waals surface area contributed by atoms with E-state index in [0.29, 0.717) is 12.5 Å². The number of carbonyl (C=O) groups excluding carboxylic acids is 1. The molecule has 1 N–H and O–H groups in total. The van der Waals surface area contributed by atoms with Crippen LogP contribution in [0.25, 0.3) is 0 Å². The minimum absolute atomic E-state index is 0.169. The Hall–Kier alpha value is -2.50. The summed E-state index contributed by atoms with van der Waals surface area (Å²) in [5, 5.41) is 6.97. The number of rotatable bonds is 4. The molecule has 126 valence electrons. The molecule has 6 heteroatoms. The molecule has 2 aliphatic rings. The molecule has 0 saturated heterocycles. The van der Waals surface area contributed by atoms with Crippen molar-refractivity contribution in [1.82, 2.24) is 10.1 Å². The average molecular weight is 327 g/mol. The van der Waals surface area contributed by atoms with Crippen LogP contribution in [0.5, 0.6) is 5.75 Å². The van der Waals surface area contributed by atoms with Crippen LogP contribution in [-0.4, -0.2) is 29.2 Å². The lowest BCUT2D eigenvalue weighted by Crippen LogP contribution is -2.30. The first-order valence-electron chi connectivity index (χ1n) is 8.35. The van der Waals surface area contributed by atoms with Gasteiger partial charge in [0.15, 0.2) is 0 Å². The highest BCUT2D eigenvalue weighted by molar-refractivity contribution is 5.89. The van der Waals surface area contributed by atoms with E-state index in [0.717, 1.165) is 34.9 Å². The second-order valence-corrected chi connectivity index (χ2v) is 6.74. The molecule has 0 spiro atoms. The number of ether oxygens (including phenoxy) is 1. The molecule has 1 atom stereocenters. The van der Waals surface area contributed by atoms with Gasteiger partial charge in [0.2, 0.25) is 0 Å². The van der Waals surface area contributed by atoms with E-state index in [1.807, 2.05) is 31.2 Å². The number of fused-ring (bicyclic) bond motifs is 1.